The van der Waals surface area contributed by atoms with Gasteiger partial charge in [-0.05, 0) is 37.3 Å². The zero-order valence-corrected chi connectivity index (χ0v) is 15.7. The second-order valence-corrected chi connectivity index (χ2v) is 7.62. The summed E-state index contributed by atoms with van der Waals surface area (Å²) in [7, 11) is 0. The van der Waals surface area contributed by atoms with Crippen molar-refractivity contribution >= 4 is 35.1 Å². The van der Waals surface area contributed by atoms with Gasteiger partial charge in [-0.25, -0.2) is 13.5 Å². The number of nitrogens with one attached hydrogen (secondary N) is 1. The average molecular weight is 406 g/mol. The van der Waals surface area contributed by atoms with Gasteiger partial charge in [0.05, 0.1) is 27.4 Å². The van der Waals surface area contributed by atoms with Gasteiger partial charge in [0.1, 0.15) is 17.5 Å². The molecule has 2 heterocycles. The van der Waals surface area contributed by atoms with Crippen LogP contribution in [0.3, 0.4) is 0 Å². The quantitative estimate of drug-likeness (QED) is 0.660. The summed E-state index contributed by atoms with van der Waals surface area (Å²) in [6, 6.07) is 10.4. The number of halogens is 3. The zero-order valence-electron chi connectivity index (χ0n) is 14.2. The van der Waals surface area contributed by atoms with Crippen LogP contribution in [-0.2, 0) is 4.79 Å². The van der Waals surface area contributed by atoms with Crippen molar-refractivity contribution in [3.05, 3.63) is 75.9 Å². The number of aromatic nitrogens is 2. The molecular weight excluding hydrogens is 392 g/mol. The standard InChI is InChI=1S/C19H14ClF2N3OS/c1-10-17-18(12-8-11(21)6-7-14(12)22)27-9-16(26)23-19(17)25(24-10)15-5-3-2-4-13(15)20/h2-8,18H,9H2,1H3,(H,23,26)/t18-/m0/s1. The van der Waals surface area contributed by atoms with Crippen molar-refractivity contribution in [3.63, 3.8) is 0 Å². The maximum absolute atomic E-state index is 14.5. The Bertz CT molecular complexity index is 1050. The Morgan fingerprint density at radius 1 is 1.26 bits per heavy atom. The molecule has 3 aromatic rings. The van der Waals surface area contributed by atoms with Gasteiger partial charge in [0.25, 0.3) is 0 Å². The first-order valence-electron chi connectivity index (χ1n) is 8.16. The molecule has 0 spiro atoms. The van der Waals surface area contributed by atoms with E-state index >= 15 is 0 Å². The number of hydrogen-bond donors (Lipinski definition) is 1. The summed E-state index contributed by atoms with van der Waals surface area (Å²) in [6.07, 6.45) is 0. The number of hydrogen-bond acceptors (Lipinski definition) is 3. The maximum atomic E-state index is 14.5. The summed E-state index contributed by atoms with van der Waals surface area (Å²) in [5, 5.41) is 7.24. The topological polar surface area (TPSA) is 46.9 Å². The Balaban J connectivity index is 1.95. The lowest BCUT2D eigenvalue weighted by Crippen LogP contribution is -2.16. The van der Waals surface area contributed by atoms with Gasteiger partial charge in [0.15, 0.2) is 0 Å². The average Bonchev–Trinajstić information content (AvgIpc) is 2.84. The molecule has 0 fully saturated rings. The Kier molecular flexibility index (Phi) is 4.65. The summed E-state index contributed by atoms with van der Waals surface area (Å²) in [6.45, 7) is 1.77. The number of nitrogens with zero attached hydrogens (tertiary/aromatic N) is 2. The van der Waals surface area contributed by atoms with Crippen molar-refractivity contribution in [2.45, 2.75) is 12.2 Å². The minimum atomic E-state index is -0.578. The molecule has 4 rings (SSSR count). The van der Waals surface area contributed by atoms with Gasteiger partial charge < -0.3 is 5.32 Å². The third kappa shape index (κ3) is 3.21. The fourth-order valence-electron chi connectivity index (χ4n) is 3.14. The van der Waals surface area contributed by atoms with Crippen molar-refractivity contribution in [3.8, 4) is 5.69 Å². The second-order valence-electron chi connectivity index (χ2n) is 6.12. The number of benzene rings is 2. The van der Waals surface area contributed by atoms with Crippen LogP contribution in [-0.4, -0.2) is 21.4 Å². The molecular formula is C19H14ClF2N3OS. The van der Waals surface area contributed by atoms with E-state index in [4.69, 9.17) is 11.6 Å². The van der Waals surface area contributed by atoms with E-state index in [2.05, 4.69) is 10.4 Å². The van der Waals surface area contributed by atoms with Crippen molar-refractivity contribution in [1.29, 1.82) is 0 Å². The first kappa shape index (κ1) is 18.0. The summed E-state index contributed by atoms with van der Waals surface area (Å²) in [5.74, 6) is -0.776. The Morgan fingerprint density at radius 2 is 2.04 bits per heavy atom. The minimum absolute atomic E-state index is 0.108. The number of fused-ring (bicyclic) bond motifs is 1. The van der Waals surface area contributed by atoms with Gasteiger partial charge in [-0.1, -0.05) is 23.7 Å². The predicted octanol–water partition coefficient (Wildman–Crippen LogP) is 4.89. The minimum Gasteiger partial charge on any atom is -0.310 e. The fraction of sp³-hybridized carbons (Fsp3) is 0.158. The lowest BCUT2D eigenvalue weighted by atomic mass is 10.0. The molecule has 1 N–H and O–H groups in total. The number of para-hydroxylation sites is 1. The van der Waals surface area contributed by atoms with E-state index < -0.39 is 16.9 Å². The maximum Gasteiger partial charge on any atom is 0.235 e. The molecule has 1 aromatic heterocycles. The molecule has 0 saturated carbocycles. The largest absolute Gasteiger partial charge is 0.310 e. The summed E-state index contributed by atoms with van der Waals surface area (Å²) in [5.41, 5.74) is 2.01. The number of carbonyl (C=O) groups is 1. The second kappa shape index (κ2) is 6.98. The van der Waals surface area contributed by atoms with Crippen LogP contribution in [0.2, 0.25) is 5.02 Å². The zero-order chi connectivity index (χ0) is 19.1. The number of thioether (sulfide) groups is 1. The van der Waals surface area contributed by atoms with Gasteiger partial charge in [-0.15, -0.1) is 11.8 Å². The van der Waals surface area contributed by atoms with E-state index in [1.165, 1.54) is 17.8 Å². The van der Waals surface area contributed by atoms with E-state index in [1.807, 2.05) is 6.07 Å². The SMILES string of the molecule is Cc1nn(-c2ccccc2Cl)c2c1[C@H](c1cc(F)ccc1F)SCC(=O)N2. The Hall–Kier alpha value is -2.38. The van der Waals surface area contributed by atoms with Gasteiger partial charge in [0, 0.05) is 11.1 Å². The number of carbonyl (C=O) groups excluding carboxylic acids is 1. The van der Waals surface area contributed by atoms with Gasteiger partial charge in [-0.2, -0.15) is 5.10 Å². The molecule has 0 unspecified atom stereocenters. The molecule has 0 saturated heterocycles. The highest BCUT2D eigenvalue weighted by Gasteiger charge is 2.32. The summed E-state index contributed by atoms with van der Waals surface area (Å²) >= 11 is 7.53. The first-order chi connectivity index (χ1) is 13.0. The van der Waals surface area contributed by atoms with E-state index in [9.17, 15) is 13.6 Å². The van der Waals surface area contributed by atoms with Crippen molar-refractivity contribution < 1.29 is 13.6 Å². The van der Waals surface area contributed by atoms with E-state index in [1.54, 1.807) is 29.8 Å². The van der Waals surface area contributed by atoms with Crippen LogP contribution < -0.4 is 5.32 Å². The molecule has 1 amide bonds. The third-order valence-corrected chi connectivity index (χ3v) is 5.90. The highest BCUT2D eigenvalue weighted by Crippen LogP contribution is 2.45. The molecule has 4 nitrogen and oxygen atoms in total. The van der Waals surface area contributed by atoms with E-state index in [0.717, 1.165) is 12.1 Å². The highest BCUT2D eigenvalue weighted by molar-refractivity contribution is 8.00. The van der Waals surface area contributed by atoms with Crippen LogP contribution in [0.5, 0.6) is 0 Å². The number of aryl methyl sites for hydroxylation is 1. The lowest BCUT2D eigenvalue weighted by molar-refractivity contribution is -0.113. The Labute approximate surface area is 163 Å². The third-order valence-electron chi connectivity index (χ3n) is 4.33. The van der Waals surface area contributed by atoms with Gasteiger partial charge >= 0.3 is 0 Å². The first-order valence-corrected chi connectivity index (χ1v) is 9.59. The van der Waals surface area contributed by atoms with Crippen LogP contribution in [0.4, 0.5) is 14.6 Å². The van der Waals surface area contributed by atoms with Crippen molar-refractivity contribution in [1.82, 2.24) is 9.78 Å². The molecule has 0 aliphatic carbocycles. The molecule has 2 aromatic carbocycles. The van der Waals surface area contributed by atoms with Crippen LogP contribution in [0.1, 0.15) is 22.1 Å². The van der Waals surface area contributed by atoms with Crippen LogP contribution >= 0.6 is 23.4 Å². The molecule has 138 valence electrons. The Morgan fingerprint density at radius 3 is 2.81 bits per heavy atom. The lowest BCUT2D eigenvalue weighted by Gasteiger charge is -2.16. The molecule has 1 atom stereocenters. The smallest absolute Gasteiger partial charge is 0.235 e. The van der Waals surface area contributed by atoms with Crippen LogP contribution in [0.15, 0.2) is 42.5 Å². The van der Waals surface area contributed by atoms with E-state index in [0.29, 0.717) is 27.8 Å². The van der Waals surface area contributed by atoms with E-state index in [-0.39, 0.29) is 17.2 Å². The monoisotopic (exact) mass is 405 g/mol. The molecule has 1 aliphatic heterocycles. The molecule has 27 heavy (non-hydrogen) atoms. The van der Waals surface area contributed by atoms with Gasteiger partial charge in [0.2, 0.25) is 5.91 Å². The molecule has 0 radical (unpaired) electrons. The molecule has 0 bridgehead atoms. The predicted molar refractivity (Wildman–Crippen MR) is 103 cm³/mol. The van der Waals surface area contributed by atoms with Crippen LogP contribution in [0, 0.1) is 18.6 Å². The summed E-state index contributed by atoms with van der Waals surface area (Å²) < 4.78 is 29.8. The molecule has 8 heteroatoms. The van der Waals surface area contributed by atoms with Crippen molar-refractivity contribution in [2.24, 2.45) is 0 Å². The van der Waals surface area contributed by atoms with Crippen LogP contribution in [0.25, 0.3) is 5.69 Å². The van der Waals surface area contributed by atoms with Gasteiger partial charge in [-0.3, -0.25) is 4.79 Å². The highest BCUT2D eigenvalue weighted by atomic mass is 35.5. The number of rotatable bonds is 2. The van der Waals surface area contributed by atoms with Crippen molar-refractivity contribution in [2.75, 3.05) is 11.1 Å². The number of anilines is 1. The molecule has 1 aliphatic rings. The number of amides is 1. The normalized spacial score (nSPS) is 16.6. The summed E-state index contributed by atoms with van der Waals surface area (Å²) in [4.78, 5) is 12.3. The fourth-order valence-corrected chi connectivity index (χ4v) is 4.56.